The monoisotopic (exact) mass is 282 g/mol. The van der Waals surface area contributed by atoms with Crippen molar-refractivity contribution in [2.75, 3.05) is 0 Å². The summed E-state index contributed by atoms with van der Waals surface area (Å²) in [7, 11) is 0. The van der Waals surface area contributed by atoms with Gasteiger partial charge in [-0.25, -0.2) is 0 Å². The molecule has 0 spiro atoms. The molecule has 121 valence electrons. The molecular weight excluding hydrogens is 242 g/mol. The van der Waals surface area contributed by atoms with Crippen molar-refractivity contribution in [1.82, 2.24) is 5.73 Å². The van der Waals surface area contributed by atoms with E-state index in [1.165, 1.54) is 96.3 Å². The summed E-state index contributed by atoms with van der Waals surface area (Å²) >= 11 is 0. The number of nitrogens with one attached hydrogen (secondary N) is 1. The fourth-order valence-corrected chi connectivity index (χ4v) is 2.82. The van der Waals surface area contributed by atoms with Crippen molar-refractivity contribution in [1.29, 1.82) is 0 Å². The van der Waals surface area contributed by atoms with Crippen LogP contribution in [0.25, 0.3) is 0 Å². The largest absolute Gasteiger partial charge is 0.255 e. The van der Waals surface area contributed by atoms with E-state index in [4.69, 9.17) is 5.73 Å². The lowest BCUT2D eigenvalue weighted by Gasteiger charge is -2.04. The maximum absolute atomic E-state index is 7.45. The van der Waals surface area contributed by atoms with Crippen LogP contribution in [0.2, 0.25) is 0 Å². The van der Waals surface area contributed by atoms with Crippen LogP contribution in [-0.2, 0) is 0 Å². The second-order valence-electron chi connectivity index (χ2n) is 6.64. The zero-order chi connectivity index (χ0) is 14.9. The SMILES string of the molecule is CCCCCCCCCCCCCCCCCC(C)[NH]. The molecule has 0 heterocycles. The highest BCUT2D eigenvalue weighted by atomic mass is 14.6. The first-order chi connectivity index (χ1) is 9.77. The van der Waals surface area contributed by atoms with Crippen LogP contribution in [0.4, 0.5) is 0 Å². The van der Waals surface area contributed by atoms with Crippen LogP contribution in [0.3, 0.4) is 0 Å². The van der Waals surface area contributed by atoms with Gasteiger partial charge >= 0.3 is 0 Å². The van der Waals surface area contributed by atoms with Gasteiger partial charge in [0.15, 0.2) is 0 Å². The van der Waals surface area contributed by atoms with E-state index in [0.29, 0.717) is 0 Å². The summed E-state index contributed by atoms with van der Waals surface area (Å²) < 4.78 is 0. The molecule has 0 aliphatic carbocycles. The molecule has 0 saturated carbocycles. The molecule has 0 aromatic rings. The highest BCUT2D eigenvalue weighted by molar-refractivity contribution is 4.53. The minimum atomic E-state index is 0.150. The maximum Gasteiger partial charge on any atom is 0.0184 e. The molecular formula is C19H40N. The van der Waals surface area contributed by atoms with Crippen molar-refractivity contribution >= 4 is 0 Å². The Morgan fingerprint density at radius 2 is 0.850 bits per heavy atom. The third-order valence-corrected chi connectivity index (χ3v) is 4.24. The Kier molecular flexibility index (Phi) is 17.0. The van der Waals surface area contributed by atoms with Gasteiger partial charge in [0.1, 0.15) is 0 Å². The van der Waals surface area contributed by atoms with E-state index in [1.807, 2.05) is 6.92 Å². The number of rotatable bonds is 16. The zero-order valence-corrected chi connectivity index (χ0v) is 14.4. The first kappa shape index (κ1) is 20.0. The van der Waals surface area contributed by atoms with Crippen LogP contribution in [0.5, 0.6) is 0 Å². The third-order valence-electron chi connectivity index (χ3n) is 4.24. The second kappa shape index (κ2) is 17.0. The summed E-state index contributed by atoms with van der Waals surface area (Å²) in [6.45, 7) is 4.29. The lowest BCUT2D eigenvalue weighted by atomic mass is 10.0. The van der Waals surface area contributed by atoms with Gasteiger partial charge in [0.2, 0.25) is 0 Å². The van der Waals surface area contributed by atoms with Crippen LogP contribution in [-0.4, -0.2) is 6.04 Å². The van der Waals surface area contributed by atoms with Gasteiger partial charge < -0.3 is 0 Å². The van der Waals surface area contributed by atoms with Crippen molar-refractivity contribution < 1.29 is 0 Å². The molecule has 20 heavy (non-hydrogen) atoms. The predicted molar refractivity (Wildman–Crippen MR) is 92.1 cm³/mol. The van der Waals surface area contributed by atoms with Crippen molar-refractivity contribution in [3.05, 3.63) is 0 Å². The van der Waals surface area contributed by atoms with Gasteiger partial charge in [0.25, 0.3) is 0 Å². The average Bonchev–Trinajstić information content (AvgIpc) is 2.43. The summed E-state index contributed by atoms with van der Waals surface area (Å²) in [5, 5.41) is 0. The minimum absolute atomic E-state index is 0.150. The van der Waals surface area contributed by atoms with E-state index in [9.17, 15) is 0 Å². The zero-order valence-electron chi connectivity index (χ0n) is 14.4. The van der Waals surface area contributed by atoms with E-state index < -0.39 is 0 Å². The molecule has 0 fully saturated rings. The number of hydrogen-bond donors (Lipinski definition) is 0. The molecule has 0 aromatic heterocycles. The fourth-order valence-electron chi connectivity index (χ4n) is 2.82. The van der Waals surface area contributed by atoms with Crippen molar-refractivity contribution in [2.45, 2.75) is 123 Å². The second-order valence-corrected chi connectivity index (χ2v) is 6.64. The molecule has 1 atom stereocenters. The van der Waals surface area contributed by atoms with Crippen LogP contribution in [0, 0.1) is 0 Å². The van der Waals surface area contributed by atoms with Crippen LogP contribution >= 0.6 is 0 Å². The summed E-state index contributed by atoms with van der Waals surface area (Å²) in [5.41, 5.74) is 7.45. The van der Waals surface area contributed by atoms with Crippen LogP contribution in [0.15, 0.2) is 0 Å². The van der Waals surface area contributed by atoms with Crippen molar-refractivity contribution in [3.8, 4) is 0 Å². The lowest BCUT2D eigenvalue weighted by Crippen LogP contribution is -2.01. The lowest BCUT2D eigenvalue weighted by molar-refractivity contribution is 0.519. The van der Waals surface area contributed by atoms with Crippen LogP contribution in [0.1, 0.15) is 117 Å². The molecule has 0 amide bonds. The van der Waals surface area contributed by atoms with E-state index in [0.717, 1.165) is 6.42 Å². The molecule has 0 aliphatic heterocycles. The molecule has 1 N–H and O–H groups in total. The Morgan fingerprint density at radius 1 is 0.550 bits per heavy atom. The van der Waals surface area contributed by atoms with Gasteiger partial charge in [0, 0.05) is 6.04 Å². The minimum Gasteiger partial charge on any atom is -0.255 e. The summed E-state index contributed by atoms with van der Waals surface area (Å²) in [4.78, 5) is 0. The predicted octanol–water partition coefficient (Wildman–Crippen LogP) is 6.92. The molecule has 0 bridgehead atoms. The van der Waals surface area contributed by atoms with Gasteiger partial charge in [-0.1, -0.05) is 103 Å². The first-order valence-corrected chi connectivity index (χ1v) is 9.48. The normalized spacial score (nSPS) is 12.8. The highest BCUT2D eigenvalue weighted by Crippen LogP contribution is 2.13. The van der Waals surface area contributed by atoms with E-state index >= 15 is 0 Å². The number of unbranched alkanes of at least 4 members (excludes halogenated alkanes) is 14. The Bertz CT molecular complexity index is 165. The molecule has 1 nitrogen and oxygen atoms in total. The molecule has 0 aliphatic rings. The van der Waals surface area contributed by atoms with Crippen molar-refractivity contribution in [2.24, 2.45) is 0 Å². The smallest absolute Gasteiger partial charge is 0.0184 e. The molecule has 0 aromatic carbocycles. The Morgan fingerprint density at radius 3 is 1.15 bits per heavy atom. The van der Waals surface area contributed by atoms with Gasteiger partial charge in [0.05, 0.1) is 0 Å². The molecule has 1 heteroatoms. The van der Waals surface area contributed by atoms with E-state index in [-0.39, 0.29) is 6.04 Å². The van der Waals surface area contributed by atoms with Gasteiger partial charge in [-0.3, -0.25) is 5.73 Å². The van der Waals surface area contributed by atoms with Gasteiger partial charge in [-0.2, -0.15) is 0 Å². The average molecular weight is 283 g/mol. The standard InChI is InChI=1S/C19H40N/c1-3-4-5-6-7-8-9-10-11-12-13-14-15-16-17-18-19(2)20/h19-20H,3-18H2,1-2H3. The summed E-state index contributed by atoms with van der Waals surface area (Å²) in [5.74, 6) is 0. The summed E-state index contributed by atoms with van der Waals surface area (Å²) in [6, 6.07) is 0.150. The molecule has 1 unspecified atom stereocenters. The van der Waals surface area contributed by atoms with Gasteiger partial charge in [-0.15, -0.1) is 0 Å². The molecule has 0 rings (SSSR count). The third kappa shape index (κ3) is 18.0. The quantitative estimate of drug-likeness (QED) is 0.274. The maximum atomic E-state index is 7.45. The van der Waals surface area contributed by atoms with Crippen molar-refractivity contribution in [3.63, 3.8) is 0 Å². The van der Waals surface area contributed by atoms with E-state index in [1.54, 1.807) is 0 Å². The molecule has 0 saturated heterocycles. The van der Waals surface area contributed by atoms with E-state index in [2.05, 4.69) is 6.92 Å². The Balaban J connectivity index is 2.92. The highest BCUT2D eigenvalue weighted by Gasteiger charge is 1.96. The number of hydrogen-bond acceptors (Lipinski definition) is 0. The topological polar surface area (TPSA) is 23.8 Å². The fraction of sp³-hybridized carbons (Fsp3) is 1.00. The van der Waals surface area contributed by atoms with Gasteiger partial charge in [-0.05, 0) is 13.3 Å². The van der Waals surface area contributed by atoms with Crippen LogP contribution < -0.4 is 5.73 Å². The molecule has 1 radical (unpaired) electrons. The Labute approximate surface area is 129 Å². The summed E-state index contributed by atoms with van der Waals surface area (Å²) in [6.07, 6.45) is 22.4. The Hall–Kier alpha value is -0.0400. The first-order valence-electron chi connectivity index (χ1n) is 9.48.